The molecular weight excluding hydrogens is 466 g/mol. The van der Waals surface area contributed by atoms with Gasteiger partial charge < -0.3 is 29.2 Å². The number of amides is 2. The third-order valence-electron chi connectivity index (χ3n) is 5.73. The second kappa shape index (κ2) is 9.90. The van der Waals surface area contributed by atoms with E-state index in [4.69, 9.17) is 14.0 Å². The molecule has 11 heteroatoms. The summed E-state index contributed by atoms with van der Waals surface area (Å²) >= 11 is 0. The monoisotopic (exact) mass is 489 g/mol. The molecule has 2 aromatic heterocycles. The normalized spacial score (nSPS) is 12.0. The van der Waals surface area contributed by atoms with Crippen molar-refractivity contribution in [3.8, 4) is 22.9 Å². The molecule has 11 nitrogen and oxygen atoms in total. The number of aromatic nitrogens is 3. The summed E-state index contributed by atoms with van der Waals surface area (Å²) in [7, 11) is 0. The van der Waals surface area contributed by atoms with Crippen LogP contribution in [0.4, 0.5) is 0 Å². The van der Waals surface area contributed by atoms with Crippen molar-refractivity contribution in [3.63, 3.8) is 0 Å². The minimum absolute atomic E-state index is 0.0112. The fraction of sp³-hybridized carbons (Fsp3) is 0.240. The lowest BCUT2D eigenvalue weighted by atomic mass is 10.1. The predicted octanol–water partition coefficient (Wildman–Crippen LogP) is 2.24. The van der Waals surface area contributed by atoms with Gasteiger partial charge in [0.2, 0.25) is 29.8 Å². The van der Waals surface area contributed by atoms with E-state index in [1.165, 1.54) is 6.20 Å². The average molecular weight is 489 g/mol. The maximum Gasteiger partial charge on any atom is 0.256 e. The number of fused-ring (bicyclic) bond motifs is 2. The Labute approximate surface area is 205 Å². The molecule has 0 unspecified atom stereocenters. The van der Waals surface area contributed by atoms with Crippen LogP contribution >= 0.6 is 0 Å². The van der Waals surface area contributed by atoms with Crippen LogP contribution in [-0.4, -0.2) is 39.9 Å². The van der Waals surface area contributed by atoms with Gasteiger partial charge in [0.1, 0.15) is 5.56 Å². The second-order valence-corrected chi connectivity index (χ2v) is 8.04. The number of nitrogens with zero attached hydrogens (tertiary/aromatic N) is 3. The van der Waals surface area contributed by atoms with Crippen molar-refractivity contribution in [1.82, 2.24) is 25.3 Å². The first-order valence-electron chi connectivity index (χ1n) is 11.4. The van der Waals surface area contributed by atoms with Gasteiger partial charge in [-0.1, -0.05) is 35.5 Å². The first kappa shape index (κ1) is 23.1. The molecule has 2 aromatic carbocycles. The molecule has 0 aliphatic carbocycles. The van der Waals surface area contributed by atoms with E-state index < -0.39 is 11.3 Å². The van der Waals surface area contributed by atoms with E-state index in [9.17, 15) is 14.4 Å². The van der Waals surface area contributed by atoms with Gasteiger partial charge in [0.05, 0.1) is 17.4 Å². The highest BCUT2D eigenvalue weighted by Gasteiger charge is 2.20. The van der Waals surface area contributed by atoms with E-state index in [1.807, 2.05) is 37.3 Å². The number of carbonyl (C=O) groups is 2. The molecule has 0 atom stereocenters. The fourth-order valence-electron chi connectivity index (χ4n) is 3.88. The van der Waals surface area contributed by atoms with Crippen LogP contribution in [-0.2, 0) is 17.9 Å². The summed E-state index contributed by atoms with van der Waals surface area (Å²) < 4.78 is 17.7. The van der Waals surface area contributed by atoms with Crippen LogP contribution < -0.4 is 25.5 Å². The summed E-state index contributed by atoms with van der Waals surface area (Å²) in [5.74, 6) is 0.858. The third kappa shape index (κ3) is 4.63. The average Bonchev–Trinajstić information content (AvgIpc) is 3.57. The Hall–Kier alpha value is -4.67. The smallest absolute Gasteiger partial charge is 0.256 e. The number of benzene rings is 2. The van der Waals surface area contributed by atoms with E-state index in [1.54, 1.807) is 16.7 Å². The van der Waals surface area contributed by atoms with E-state index in [0.29, 0.717) is 34.8 Å². The van der Waals surface area contributed by atoms with Crippen LogP contribution in [0.15, 0.2) is 58.0 Å². The second-order valence-electron chi connectivity index (χ2n) is 8.04. The van der Waals surface area contributed by atoms with Crippen LogP contribution in [0.2, 0.25) is 0 Å². The molecule has 184 valence electrons. The standard InChI is InChI=1S/C25H23N5O6/c1-2-30-13-17(23(32)16-10-19-20(11-18(16)30)35-14-34-19)25(33)26-9-8-21(31)27-12-22-28-24(29-36-22)15-6-4-3-5-7-15/h3-7,10-11,13H,2,8-9,12,14H2,1H3,(H,26,33)(H,27,31). The van der Waals surface area contributed by atoms with Gasteiger partial charge in [-0.05, 0) is 13.0 Å². The lowest BCUT2D eigenvalue weighted by molar-refractivity contribution is -0.121. The minimum atomic E-state index is -0.557. The summed E-state index contributed by atoms with van der Waals surface area (Å²) in [6.45, 7) is 2.65. The Morgan fingerprint density at radius 2 is 1.86 bits per heavy atom. The summed E-state index contributed by atoms with van der Waals surface area (Å²) in [5, 5.41) is 9.59. The van der Waals surface area contributed by atoms with Gasteiger partial charge in [0.15, 0.2) is 11.5 Å². The van der Waals surface area contributed by atoms with Crippen LogP contribution in [0.3, 0.4) is 0 Å². The number of hydrogen-bond donors (Lipinski definition) is 2. The van der Waals surface area contributed by atoms with Crippen molar-refractivity contribution in [3.05, 3.63) is 70.3 Å². The summed E-state index contributed by atoms with van der Waals surface area (Å²) in [6.07, 6.45) is 1.53. The highest BCUT2D eigenvalue weighted by Crippen LogP contribution is 2.35. The van der Waals surface area contributed by atoms with Crippen LogP contribution in [0.1, 0.15) is 29.6 Å². The maximum absolute atomic E-state index is 13.0. The Bertz CT molecular complexity index is 1490. The molecule has 2 amide bonds. The van der Waals surface area contributed by atoms with Crippen molar-refractivity contribution in [2.45, 2.75) is 26.4 Å². The van der Waals surface area contributed by atoms with Gasteiger partial charge in [0.25, 0.3) is 5.91 Å². The Morgan fingerprint density at radius 3 is 2.64 bits per heavy atom. The molecule has 2 N–H and O–H groups in total. The summed E-state index contributed by atoms with van der Waals surface area (Å²) in [4.78, 5) is 42.3. The lowest BCUT2D eigenvalue weighted by Gasteiger charge is -2.12. The SMILES string of the molecule is CCn1cc(C(=O)NCCC(=O)NCc2nc(-c3ccccc3)no2)c(=O)c2cc3c(cc21)OCO3. The quantitative estimate of drug-likeness (QED) is 0.384. The van der Waals surface area contributed by atoms with E-state index in [-0.39, 0.29) is 43.7 Å². The predicted molar refractivity (Wildman–Crippen MR) is 129 cm³/mol. The molecular formula is C25H23N5O6. The highest BCUT2D eigenvalue weighted by atomic mass is 16.7. The minimum Gasteiger partial charge on any atom is -0.454 e. The molecule has 1 aliphatic rings. The van der Waals surface area contributed by atoms with Crippen molar-refractivity contribution >= 4 is 22.7 Å². The van der Waals surface area contributed by atoms with E-state index in [0.717, 1.165) is 5.56 Å². The molecule has 0 radical (unpaired) electrons. The van der Waals surface area contributed by atoms with E-state index >= 15 is 0 Å². The van der Waals surface area contributed by atoms with Gasteiger partial charge in [-0.15, -0.1) is 0 Å². The first-order valence-corrected chi connectivity index (χ1v) is 11.4. The van der Waals surface area contributed by atoms with Crippen LogP contribution in [0.25, 0.3) is 22.3 Å². The van der Waals surface area contributed by atoms with Crippen molar-refractivity contribution in [1.29, 1.82) is 0 Å². The van der Waals surface area contributed by atoms with Gasteiger partial charge in [0, 0.05) is 37.3 Å². The van der Waals surface area contributed by atoms with Crippen molar-refractivity contribution in [2.75, 3.05) is 13.3 Å². The molecule has 1 aliphatic heterocycles. The Kier molecular flexibility index (Phi) is 6.35. The molecule has 0 saturated heterocycles. The molecule has 36 heavy (non-hydrogen) atoms. The third-order valence-corrected chi connectivity index (χ3v) is 5.73. The number of nitrogens with one attached hydrogen (secondary N) is 2. The van der Waals surface area contributed by atoms with Crippen LogP contribution in [0.5, 0.6) is 11.5 Å². The molecule has 3 heterocycles. The zero-order chi connectivity index (χ0) is 25.1. The Balaban J connectivity index is 1.18. The molecule has 4 aromatic rings. The molecule has 0 spiro atoms. The van der Waals surface area contributed by atoms with Gasteiger partial charge in [-0.3, -0.25) is 14.4 Å². The number of carbonyl (C=O) groups excluding carboxylic acids is 2. The van der Waals surface area contributed by atoms with Gasteiger partial charge in [-0.25, -0.2) is 0 Å². The molecule has 5 rings (SSSR count). The first-order chi connectivity index (χ1) is 17.5. The highest BCUT2D eigenvalue weighted by molar-refractivity contribution is 5.98. The Morgan fingerprint density at radius 1 is 1.08 bits per heavy atom. The number of ether oxygens (including phenoxy) is 2. The summed E-state index contributed by atoms with van der Waals surface area (Å²) in [6, 6.07) is 12.7. The number of aryl methyl sites for hydroxylation is 1. The van der Waals surface area contributed by atoms with Gasteiger partial charge >= 0.3 is 0 Å². The fourth-order valence-corrected chi connectivity index (χ4v) is 3.88. The van der Waals surface area contributed by atoms with Gasteiger partial charge in [-0.2, -0.15) is 4.98 Å². The van der Waals surface area contributed by atoms with E-state index in [2.05, 4.69) is 20.8 Å². The lowest BCUT2D eigenvalue weighted by Crippen LogP contribution is -2.33. The molecule has 0 bridgehead atoms. The van der Waals surface area contributed by atoms with Crippen LogP contribution in [0, 0.1) is 0 Å². The van der Waals surface area contributed by atoms with Crippen molar-refractivity contribution < 1.29 is 23.6 Å². The zero-order valence-corrected chi connectivity index (χ0v) is 19.4. The largest absolute Gasteiger partial charge is 0.454 e. The zero-order valence-electron chi connectivity index (χ0n) is 19.4. The topological polar surface area (TPSA) is 138 Å². The maximum atomic E-state index is 13.0. The summed E-state index contributed by atoms with van der Waals surface area (Å²) in [5.41, 5.74) is 1.03. The molecule has 0 saturated carbocycles. The number of rotatable bonds is 8. The molecule has 0 fully saturated rings. The van der Waals surface area contributed by atoms with Crippen molar-refractivity contribution in [2.24, 2.45) is 0 Å². The number of hydrogen-bond acceptors (Lipinski definition) is 8. The number of pyridine rings is 1.